The van der Waals surface area contributed by atoms with Crippen LogP contribution in [0.15, 0.2) is 35.2 Å². The lowest BCUT2D eigenvalue weighted by Gasteiger charge is -2.13. The first kappa shape index (κ1) is 16.1. The van der Waals surface area contributed by atoms with Crippen molar-refractivity contribution in [3.05, 3.63) is 30.3 Å². The molecule has 2 N–H and O–H groups in total. The Morgan fingerprint density at radius 2 is 2.00 bits per heavy atom. The maximum atomic E-state index is 11.7. The molecule has 1 unspecified atom stereocenters. The SMILES string of the molecule is CCCCNC(=O)C(C)NCCSc1ccccc1. The highest BCUT2D eigenvalue weighted by molar-refractivity contribution is 7.99. The predicted molar refractivity (Wildman–Crippen MR) is 82.5 cm³/mol. The zero-order chi connectivity index (χ0) is 13.9. The second-order valence-electron chi connectivity index (χ2n) is 4.48. The number of carbonyl (C=O) groups excluding carboxylic acids is 1. The van der Waals surface area contributed by atoms with Crippen molar-refractivity contribution in [3.63, 3.8) is 0 Å². The first-order chi connectivity index (χ1) is 9.24. The van der Waals surface area contributed by atoms with Crippen LogP contribution in [0.4, 0.5) is 0 Å². The van der Waals surface area contributed by atoms with Gasteiger partial charge < -0.3 is 10.6 Å². The van der Waals surface area contributed by atoms with Crippen molar-refractivity contribution in [1.82, 2.24) is 10.6 Å². The Labute approximate surface area is 120 Å². The first-order valence-electron chi connectivity index (χ1n) is 6.93. The highest BCUT2D eigenvalue weighted by Crippen LogP contribution is 2.15. The predicted octanol–water partition coefficient (Wildman–Crippen LogP) is 2.67. The van der Waals surface area contributed by atoms with Gasteiger partial charge in [-0.1, -0.05) is 31.5 Å². The molecule has 0 saturated carbocycles. The Hall–Kier alpha value is -1.00. The van der Waals surface area contributed by atoms with Gasteiger partial charge in [-0.05, 0) is 25.5 Å². The van der Waals surface area contributed by atoms with Gasteiger partial charge in [0.15, 0.2) is 0 Å². The van der Waals surface area contributed by atoms with E-state index < -0.39 is 0 Å². The smallest absolute Gasteiger partial charge is 0.236 e. The number of benzene rings is 1. The van der Waals surface area contributed by atoms with Gasteiger partial charge in [0.1, 0.15) is 0 Å². The van der Waals surface area contributed by atoms with Crippen LogP contribution >= 0.6 is 11.8 Å². The molecule has 19 heavy (non-hydrogen) atoms. The highest BCUT2D eigenvalue weighted by atomic mass is 32.2. The molecule has 1 aromatic rings. The van der Waals surface area contributed by atoms with E-state index in [1.165, 1.54) is 4.90 Å². The number of unbranched alkanes of at least 4 members (excludes halogenated alkanes) is 1. The van der Waals surface area contributed by atoms with Crippen LogP contribution in [0.25, 0.3) is 0 Å². The van der Waals surface area contributed by atoms with Crippen molar-refractivity contribution in [1.29, 1.82) is 0 Å². The summed E-state index contributed by atoms with van der Waals surface area (Å²) in [7, 11) is 0. The van der Waals surface area contributed by atoms with E-state index >= 15 is 0 Å². The summed E-state index contributed by atoms with van der Waals surface area (Å²) in [4.78, 5) is 13.0. The third kappa shape index (κ3) is 7.23. The number of hydrogen-bond donors (Lipinski definition) is 2. The van der Waals surface area contributed by atoms with Gasteiger partial charge in [-0.15, -0.1) is 11.8 Å². The van der Waals surface area contributed by atoms with Crippen molar-refractivity contribution in [2.45, 2.75) is 37.6 Å². The Bertz CT molecular complexity index is 356. The van der Waals surface area contributed by atoms with E-state index in [4.69, 9.17) is 0 Å². The monoisotopic (exact) mass is 280 g/mol. The van der Waals surface area contributed by atoms with Crippen LogP contribution in [-0.4, -0.2) is 30.8 Å². The molecule has 1 amide bonds. The van der Waals surface area contributed by atoms with Gasteiger partial charge in [-0.25, -0.2) is 0 Å². The van der Waals surface area contributed by atoms with Crippen LogP contribution in [0.2, 0.25) is 0 Å². The Kier molecular flexibility index (Phi) is 8.34. The van der Waals surface area contributed by atoms with Gasteiger partial charge >= 0.3 is 0 Å². The van der Waals surface area contributed by atoms with Gasteiger partial charge in [0, 0.05) is 23.7 Å². The molecule has 106 valence electrons. The number of thioether (sulfide) groups is 1. The molecule has 1 atom stereocenters. The van der Waals surface area contributed by atoms with Gasteiger partial charge in [0.05, 0.1) is 6.04 Å². The Balaban J connectivity index is 2.09. The van der Waals surface area contributed by atoms with Gasteiger partial charge in [-0.3, -0.25) is 4.79 Å². The summed E-state index contributed by atoms with van der Waals surface area (Å²) in [5, 5.41) is 6.18. The molecule has 3 nitrogen and oxygen atoms in total. The zero-order valence-corrected chi connectivity index (χ0v) is 12.6. The van der Waals surface area contributed by atoms with Crippen LogP contribution < -0.4 is 10.6 Å². The standard InChI is InChI=1S/C15H24N2OS/c1-3-4-10-17-15(18)13(2)16-11-12-19-14-8-6-5-7-9-14/h5-9,13,16H,3-4,10-12H2,1-2H3,(H,17,18). The lowest BCUT2D eigenvalue weighted by molar-refractivity contribution is -0.122. The Morgan fingerprint density at radius 1 is 1.26 bits per heavy atom. The molecule has 0 heterocycles. The summed E-state index contributed by atoms with van der Waals surface area (Å²) in [5.41, 5.74) is 0. The van der Waals surface area contributed by atoms with Crippen LogP contribution in [0.3, 0.4) is 0 Å². The van der Waals surface area contributed by atoms with Crippen LogP contribution in [0.5, 0.6) is 0 Å². The summed E-state index contributed by atoms with van der Waals surface area (Å²) in [5.74, 6) is 1.06. The van der Waals surface area contributed by atoms with Crippen LogP contribution in [0.1, 0.15) is 26.7 Å². The Morgan fingerprint density at radius 3 is 2.68 bits per heavy atom. The maximum Gasteiger partial charge on any atom is 0.236 e. The van der Waals surface area contributed by atoms with Crippen LogP contribution in [-0.2, 0) is 4.79 Å². The van der Waals surface area contributed by atoms with Crippen molar-refractivity contribution >= 4 is 17.7 Å². The summed E-state index contributed by atoms with van der Waals surface area (Å²) >= 11 is 1.80. The van der Waals surface area contributed by atoms with Gasteiger partial charge in [-0.2, -0.15) is 0 Å². The molecule has 1 aromatic carbocycles. The number of hydrogen-bond acceptors (Lipinski definition) is 3. The molecule has 0 aliphatic carbocycles. The molecule has 0 radical (unpaired) electrons. The molecule has 0 aliphatic heterocycles. The average Bonchev–Trinajstić information content (AvgIpc) is 2.44. The number of rotatable bonds is 9. The maximum absolute atomic E-state index is 11.7. The lowest BCUT2D eigenvalue weighted by Crippen LogP contribution is -2.43. The van der Waals surface area contributed by atoms with E-state index in [9.17, 15) is 4.79 Å². The summed E-state index contributed by atoms with van der Waals surface area (Å²) in [6, 6.07) is 10.2. The number of nitrogens with one attached hydrogen (secondary N) is 2. The van der Waals surface area contributed by atoms with E-state index in [0.717, 1.165) is 31.7 Å². The molecule has 0 spiro atoms. The van der Waals surface area contributed by atoms with E-state index in [1.54, 1.807) is 11.8 Å². The zero-order valence-electron chi connectivity index (χ0n) is 11.8. The second-order valence-corrected chi connectivity index (χ2v) is 5.65. The minimum Gasteiger partial charge on any atom is -0.355 e. The van der Waals surface area contributed by atoms with E-state index in [0.29, 0.717) is 0 Å². The first-order valence-corrected chi connectivity index (χ1v) is 7.91. The molecule has 0 aromatic heterocycles. The molecular formula is C15H24N2OS. The quantitative estimate of drug-likeness (QED) is 0.540. The van der Waals surface area contributed by atoms with E-state index in [-0.39, 0.29) is 11.9 Å². The van der Waals surface area contributed by atoms with Gasteiger partial charge in [0.2, 0.25) is 5.91 Å². The summed E-state index contributed by atoms with van der Waals surface area (Å²) < 4.78 is 0. The fourth-order valence-corrected chi connectivity index (χ4v) is 2.40. The molecular weight excluding hydrogens is 256 g/mol. The molecule has 0 saturated heterocycles. The normalized spacial score (nSPS) is 12.1. The third-order valence-electron chi connectivity index (χ3n) is 2.79. The largest absolute Gasteiger partial charge is 0.355 e. The lowest BCUT2D eigenvalue weighted by atomic mass is 10.3. The fraction of sp³-hybridized carbons (Fsp3) is 0.533. The van der Waals surface area contributed by atoms with Crippen molar-refractivity contribution < 1.29 is 4.79 Å². The highest BCUT2D eigenvalue weighted by Gasteiger charge is 2.10. The van der Waals surface area contributed by atoms with Gasteiger partial charge in [0.25, 0.3) is 0 Å². The average molecular weight is 280 g/mol. The van der Waals surface area contributed by atoms with E-state index in [1.807, 2.05) is 25.1 Å². The third-order valence-corrected chi connectivity index (χ3v) is 3.80. The second kappa shape index (κ2) is 9.87. The molecule has 0 fully saturated rings. The molecule has 1 rings (SSSR count). The number of carbonyl (C=O) groups is 1. The van der Waals surface area contributed by atoms with Crippen LogP contribution in [0, 0.1) is 0 Å². The summed E-state index contributed by atoms with van der Waals surface area (Å²) in [6.45, 7) is 5.64. The molecule has 0 aliphatic rings. The molecule has 4 heteroatoms. The van der Waals surface area contributed by atoms with Crippen molar-refractivity contribution in [3.8, 4) is 0 Å². The number of amides is 1. The molecule has 0 bridgehead atoms. The van der Waals surface area contributed by atoms with E-state index in [2.05, 4.69) is 29.7 Å². The summed E-state index contributed by atoms with van der Waals surface area (Å²) in [6.07, 6.45) is 2.15. The topological polar surface area (TPSA) is 41.1 Å². The fourth-order valence-electron chi connectivity index (χ4n) is 1.60. The minimum absolute atomic E-state index is 0.0955. The van der Waals surface area contributed by atoms with Crippen molar-refractivity contribution in [2.75, 3.05) is 18.8 Å². The minimum atomic E-state index is -0.117. The van der Waals surface area contributed by atoms with Crippen molar-refractivity contribution in [2.24, 2.45) is 0 Å².